The normalized spacial score (nSPS) is 16.4. The van der Waals surface area contributed by atoms with Crippen molar-refractivity contribution < 1.29 is 19.4 Å². The summed E-state index contributed by atoms with van der Waals surface area (Å²) in [5.41, 5.74) is 1.70. The molecule has 2 unspecified atom stereocenters. The van der Waals surface area contributed by atoms with Crippen LogP contribution in [0.2, 0.25) is 5.02 Å². The van der Waals surface area contributed by atoms with Gasteiger partial charge in [-0.1, -0.05) is 23.4 Å². The van der Waals surface area contributed by atoms with Gasteiger partial charge in [-0.25, -0.2) is 0 Å². The molecular weight excluding hydrogens is 448 g/mol. The van der Waals surface area contributed by atoms with E-state index in [9.17, 15) is 9.90 Å². The minimum atomic E-state index is -0.278. The second-order valence-corrected chi connectivity index (χ2v) is 9.63. The lowest BCUT2D eigenvalue weighted by atomic mass is 10.1. The molecule has 2 aromatic carbocycles. The maximum atomic E-state index is 12.0. The summed E-state index contributed by atoms with van der Waals surface area (Å²) in [5.74, 6) is 1.43. The molecule has 0 saturated carbocycles. The number of aliphatic hydroxyl groups is 1. The van der Waals surface area contributed by atoms with E-state index in [-0.39, 0.29) is 18.1 Å². The van der Waals surface area contributed by atoms with Crippen LogP contribution in [0, 0.1) is 0 Å². The second-order valence-electron chi connectivity index (χ2n) is 8.07. The molecule has 0 aliphatic carbocycles. The number of carbonyl (C=O) groups is 1. The van der Waals surface area contributed by atoms with E-state index in [0.717, 1.165) is 41.3 Å². The van der Waals surface area contributed by atoms with Crippen LogP contribution in [0.3, 0.4) is 0 Å². The van der Waals surface area contributed by atoms with E-state index in [1.807, 2.05) is 37.3 Å². The van der Waals surface area contributed by atoms with Gasteiger partial charge in [0.1, 0.15) is 16.9 Å². The Morgan fingerprint density at radius 2 is 2.00 bits per heavy atom. The SMILES string of the molecule is COc1ccc(OC(C)CCN(CCO)C(C)C)c(C2Sc3cc(Cl)ccc3N2C=O)c1. The molecule has 0 aromatic heterocycles. The Morgan fingerprint density at radius 3 is 2.66 bits per heavy atom. The van der Waals surface area contributed by atoms with Crippen LogP contribution in [0.25, 0.3) is 0 Å². The Bertz CT molecular complexity index is 927. The van der Waals surface area contributed by atoms with Gasteiger partial charge < -0.3 is 14.6 Å². The number of nitrogens with zero attached hydrogens (tertiary/aromatic N) is 2. The molecule has 3 rings (SSSR count). The zero-order valence-corrected chi connectivity index (χ0v) is 20.5. The van der Waals surface area contributed by atoms with Gasteiger partial charge in [-0.2, -0.15) is 0 Å². The zero-order chi connectivity index (χ0) is 23.3. The number of hydrogen-bond acceptors (Lipinski definition) is 6. The average molecular weight is 479 g/mol. The maximum Gasteiger partial charge on any atom is 0.215 e. The second kappa shape index (κ2) is 11.3. The number of rotatable bonds is 11. The maximum absolute atomic E-state index is 12.0. The summed E-state index contributed by atoms with van der Waals surface area (Å²) in [4.78, 5) is 16.9. The lowest BCUT2D eigenvalue weighted by molar-refractivity contribution is -0.107. The highest BCUT2D eigenvalue weighted by Crippen LogP contribution is 2.53. The predicted octanol–water partition coefficient (Wildman–Crippen LogP) is 4.98. The molecule has 1 heterocycles. The van der Waals surface area contributed by atoms with Crippen molar-refractivity contribution >= 4 is 35.5 Å². The monoisotopic (exact) mass is 478 g/mol. The molecule has 1 N–H and O–H groups in total. The molecule has 174 valence electrons. The van der Waals surface area contributed by atoms with Crippen molar-refractivity contribution in [3.8, 4) is 11.5 Å². The summed E-state index contributed by atoms with van der Waals surface area (Å²) < 4.78 is 11.8. The van der Waals surface area contributed by atoms with Crippen molar-refractivity contribution in [2.24, 2.45) is 0 Å². The standard InChI is InChI=1S/C24H31ClN2O4S/c1-16(2)26(11-12-28)10-9-17(3)31-22-8-6-19(30-4)14-20(22)24-27(15-29)21-7-5-18(25)13-23(21)32-24/h5-8,13-17,24,28H,9-12H2,1-4H3. The fourth-order valence-electron chi connectivity index (χ4n) is 3.76. The molecule has 2 aromatic rings. The van der Waals surface area contributed by atoms with Crippen molar-refractivity contribution in [3.05, 3.63) is 47.0 Å². The van der Waals surface area contributed by atoms with Crippen LogP contribution in [0.5, 0.6) is 11.5 Å². The van der Waals surface area contributed by atoms with Crippen LogP contribution in [0.1, 0.15) is 38.1 Å². The van der Waals surface area contributed by atoms with Crippen molar-refractivity contribution in [3.63, 3.8) is 0 Å². The van der Waals surface area contributed by atoms with Crippen LogP contribution in [0.15, 0.2) is 41.3 Å². The van der Waals surface area contributed by atoms with Gasteiger partial charge in [-0.05, 0) is 63.6 Å². The molecule has 8 heteroatoms. The Morgan fingerprint density at radius 1 is 1.22 bits per heavy atom. The van der Waals surface area contributed by atoms with Gasteiger partial charge >= 0.3 is 0 Å². The van der Waals surface area contributed by atoms with Crippen molar-refractivity contribution in [2.45, 2.75) is 49.6 Å². The van der Waals surface area contributed by atoms with Crippen molar-refractivity contribution in [1.82, 2.24) is 4.90 Å². The van der Waals surface area contributed by atoms with Gasteiger partial charge in [0.15, 0.2) is 0 Å². The van der Waals surface area contributed by atoms with E-state index in [1.165, 1.54) is 0 Å². The fraction of sp³-hybridized carbons (Fsp3) is 0.458. The number of halogens is 1. The number of carbonyl (C=O) groups excluding carboxylic acids is 1. The molecule has 2 atom stereocenters. The minimum absolute atomic E-state index is 0.0463. The van der Waals surface area contributed by atoms with Crippen LogP contribution >= 0.6 is 23.4 Å². The number of hydrogen-bond donors (Lipinski definition) is 1. The summed E-state index contributed by atoms with van der Waals surface area (Å²) in [6, 6.07) is 11.6. The summed E-state index contributed by atoms with van der Waals surface area (Å²) in [6.07, 6.45) is 1.61. The van der Waals surface area contributed by atoms with Gasteiger partial charge in [-0.15, -0.1) is 0 Å². The molecule has 0 spiro atoms. The van der Waals surface area contributed by atoms with Gasteiger partial charge in [-0.3, -0.25) is 14.6 Å². The fourth-order valence-corrected chi connectivity index (χ4v) is 5.31. The van der Waals surface area contributed by atoms with Crippen molar-refractivity contribution in [2.75, 3.05) is 31.7 Å². The van der Waals surface area contributed by atoms with Crippen LogP contribution < -0.4 is 14.4 Å². The van der Waals surface area contributed by atoms with E-state index in [4.69, 9.17) is 21.1 Å². The highest BCUT2D eigenvalue weighted by atomic mass is 35.5. The first-order valence-electron chi connectivity index (χ1n) is 10.8. The molecule has 0 saturated heterocycles. The first-order valence-corrected chi connectivity index (χ1v) is 12.0. The number of methoxy groups -OCH3 is 1. The third-order valence-corrected chi connectivity index (χ3v) is 7.08. The Hall–Kier alpha value is -1.93. The van der Waals surface area contributed by atoms with Crippen LogP contribution in [-0.2, 0) is 4.79 Å². The topological polar surface area (TPSA) is 62.2 Å². The summed E-state index contributed by atoms with van der Waals surface area (Å²) in [7, 11) is 1.62. The molecule has 6 nitrogen and oxygen atoms in total. The lowest BCUT2D eigenvalue weighted by Crippen LogP contribution is -2.36. The summed E-state index contributed by atoms with van der Waals surface area (Å²) >= 11 is 7.74. The molecule has 0 radical (unpaired) electrons. The third-order valence-electron chi connectivity index (χ3n) is 5.56. The number of aliphatic hydroxyl groups excluding tert-OH is 1. The first kappa shape index (κ1) is 24.7. The number of amides is 1. The number of thioether (sulfide) groups is 1. The third kappa shape index (κ3) is 5.70. The predicted molar refractivity (Wildman–Crippen MR) is 130 cm³/mol. The average Bonchev–Trinajstić information content (AvgIpc) is 3.13. The van der Waals surface area contributed by atoms with E-state index >= 15 is 0 Å². The molecule has 1 aliphatic rings. The number of fused-ring (bicyclic) bond motifs is 1. The highest BCUT2D eigenvalue weighted by molar-refractivity contribution is 8.00. The Labute approximate surface area is 199 Å². The molecule has 1 amide bonds. The van der Waals surface area contributed by atoms with Gasteiger partial charge in [0, 0.05) is 34.6 Å². The number of benzene rings is 2. The van der Waals surface area contributed by atoms with E-state index in [2.05, 4.69) is 18.7 Å². The van der Waals surface area contributed by atoms with Crippen LogP contribution in [-0.4, -0.2) is 55.4 Å². The van der Waals surface area contributed by atoms with E-state index in [0.29, 0.717) is 23.4 Å². The largest absolute Gasteiger partial charge is 0.497 e. The molecule has 0 bridgehead atoms. The van der Waals surface area contributed by atoms with Gasteiger partial charge in [0.25, 0.3) is 0 Å². The lowest BCUT2D eigenvalue weighted by Gasteiger charge is -2.28. The molecule has 0 fully saturated rings. The molecule has 1 aliphatic heterocycles. The smallest absolute Gasteiger partial charge is 0.215 e. The van der Waals surface area contributed by atoms with Gasteiger partial charge in [0.05, 0.1) is 25.5 Å². The van der Waals surface area contributed by atoms with E-state index < -0.39 is 0 Å². The van der Waals surface area contributed by atoms with E-state index in [1.54, 1.807) is 29.8 Å². The van der Waals surface area contributed by atoms with Crippen LogP contribution in [0.4, 0.5) is 5.69 Å². The summed E-state index contributed by atoms with van der Waals surface area (Å²) in [6.45, 7) is 7.90. The Balaban J connectivity index is 1.82. The first-order chi connectivity index (χ1) is 15.4. The molecular formula is C24H31ClN2O4S. The summed E-state index contributed by atoms with van der Waals surface area (Å²) in [5, 5.41) is 9.66. The highest BCUT2D eigenvalue weighted by Gasteiger charge is 2.34. The Kier molecular flexibility index (Phi) is 8.71. The number of anilines is 1. The minimum Gasteiger partial charge on any atom is -0.497 e. The zero-order valence-electron chi connectivity index (χ0n) is 19.0. The van der Waals surface area contributed by atoms with Gasteiger partial charge in [0.2, 0.25) is 6.41 Å². The van der Waals surface area contributed by atoms with Crippen molar-refractivity contribution in [1.29, 1.82) is 0 Å². The number of ether oxygens (including phenoxy) is 2. The molecule has 32 heavy (non-hydrogen) atoms. The quantitative estimate of drug-likeness (QED) is 0.460.